The van der Waals surface area contributed by atoms with E-state index in [0.717, 1.165) is 5.75 Å². The molecule has 1 N–H and O–H groups in total. The highest BCUT2D eigenvalue weighted by Gasteiger charge is 2.06. The summed E-state index contributed by atoms with van der Waals surface area (Å²) in [6, 6.07) is 13.0. The molecular formula is C17H16N4O2. The van der Waals surface area contributed by atoms with E-state index in [1.807, 2.05) is 30.3 Å². The number of nitrogens with zero attached hydrogens (tertiary/aromatic N) is 3. The summed E-state index contributed by atoms with van der Waals surface area (Å²) in [5.74, 6) is 1.32. The standard InChI is InChI=1S/C17H16N4O2/c22-17(19-9-11-23-15-4-2-1-3-5-15)14-6-7-16(20-12-14)21-10-8-18-13-21/h1-8,10,12-13H,9,11H2,(H,19,22). The maximum Gasteiger partial charge on any atom is 0.252 e. The fraction of sp³-hybridized carbons (Fsp3) is 0.118. The van der Waals surface area contributed by atoms with Gasteiger partial charge in [-0.1, -0.05) is 18.2 Å². The van der Waals surface area contributed by atoms with Crippen LogP contribution in [0.1, 0.15) is 10.4 Å². The molecule has 0 unspecified atom stereocenters. The number of rotatable bonds is 6. The Bertz CT molecular complexity index is 740. The molecule has 0 saturated heterocycles. The predicted octanol–water partition coefficient (Wildman–Crippen LogP) is 2.08. The lowest BCUT2D eigenvalue weighted by Gasteiger charge is -2.08. The van der Waals surface area contributed by atoms with Gasteiger partial charge in [0.2, 0.25) is 0 Å². The molecule has 2 heterocycles. The summed E-state index contributed by atoms with van der Waals surface area (Å²) >= 11 is 0. The van der Waals surface area contributed by atoms with Gasteiger partial charge in [0, 0.05) is 18.6 Å². The number of imidazole rings is 1. The van der Waals surface area contributed by atoms with Crippen LogP contribution in [-0.2, 0) is 0 Å². The van der Waals surface area contributed by atoms with E-state index in [2.05, 4.69) is 15.3 Å². The third-order valence-corrected chi connectivity index (χ3v) is 3.18. The van der Waals surface area contributed by atoms with Crippen LogP contribution >= 0.6 is 0 Å². The molecule has 116 valence electrons. The smallest absolute Gasteiger partial charge is 0.252 e. The number of para-hydroxylation sites is 1. The summed E-state index contributed by atoms with van der Waals surface area (Å²) in [6.45, 7) is 0.841. The number of amides is 1. The van der Waals surface area contributed by atoms with Crippen LogP contribution in [-0.4, -0.2) is 33.6 Å². The fourth-order valence-corrected chi connectivity index (χ4v) is 2.02. The molecular weight excluding hydrogens is 292 g/mol. The number of pyridine rings is 1. The van der Waals surface area contributed by atoms with Crippen LogP contribution in [0.5, 0.6) is 5.75 Å². The van der Waals surface area contributed by atoms with Gasteiger partial charge in [0.1, 0.15) is 24.5 Å². The van der Waals surface area contributed by atoms with E-state index in [9.17, 15) is 4.79 Å². The Kier molecular flexibility index (Phi) is 4.63. The molecule has 0 bridgehead atoms. The second-order valence-electron chi connectivity index (χ2n) is 4.79. The van der Waals surface area contributed by atoms with Gasteiger partial charge in [0.25, 0.3) is 5.91 Å². The number of nitrogens with one attached hydrogen (secondary N) is 1. The molecule has 0 fully saturated rings. The first-order valence-electron chi connectivity index (χ1n) is 7.23. The topological polar surface area (TPSA) is 69.0 Å². The third-order valence-electron chi connectivity index (χ3n) is 3.18. The molecule has 0 saturated carbocycles. The molecule has 3 aromatic rings. The largest absolute Gasteiger partial charge is 0.492 e. The van der Waals surface area contributed by atoms with Crippen LogP contribution in [0.4, 0.5) is 0 Å². The minimum atomic E-state index is -0.175. The van der Waals surface area contributed by atoms with Crippen molar-refractivity contribution < 1.29 is 9.53 Å². The van der Waals surface area contributed by atoms with Gasteiger partial charge in [-0.05, 0) is 24.3 Å². The van der Waals surface area contributed by atoms with Crippen molar-refractivity contribution in [2.45, 2.75) is 0 Å². The Morgan fingerprint density at radius 2 is 2.04 bits per heavy atom. The van der Waals surface area contributed by atoms with Gasteiger partial charge < -0.3 is 10.1 Å². The van der Waals surface area contributed by atoms with Crippen molar-refractivity contribution in [3.05, 3.63) is 72.9 Å². The Labute approximate surface area is 133 Å². The lowest BCUT2D eigenvalue weighted by molar-refractivity contribution is 0.0946. The van der Waals surface area contributed by atoms with Crippen LogP contribution in [0.15, 0.2) is 67.4 Å². The number of hydrogen-bond donors (Lipinski definition) is 1. The number of aromatic nitrogens is 3. The molecule has 0 aliphatic heterocycles. The molecule has 3 rings (SSSR count). The third kappa shape index (κ3) is 3.94. The SMILES string of the molecule is O=C(NCCOc1ccccc1)c1ccc(-n2ccnc2)nc1. The molecule has 0 atom stereocenters. The van der Waals surface area contributed by atoms with E-state index in [-0.39, 0.29) is 5.91 Å². The molecule has 0 aliphatic rings. The van der Waals surface area contributed by atoms with Gasteiger partial charge in [-0.15, -0.1) is 0 Å². The molecule has 0 radical (unpaired) electrons. The molecule has 1 aromatic carbocycles. The zero-order valence-electron chi connectivity index (χ0n) is 12.4. The Morgan fingerprint density at radius 3 is 2.74 bits per heavy atom. The van der Waals surface area contributed by atoms with Gasteiger partial charge in [-0.3, -0.25) is 9.36 Å². The second kappa shape index (κ2) is 7.22. The number of carbonyl (C=O) groups is 1. The summed E-state index contributed by atoms with van der Waals surface area (Å²) in [6.07, 6.45) is 6.67. The summed E-state index contributed by atoms with van der Waals surface area (Å²) in [4.78, 5) is 20.2. The number of ether oxygens (including phenoxy) is 1. The van der Waals surface area contributed by atoms with Crippen molar-refractivity contribution in [3.8, 4) is 11.6 Å². The van der Waals surface area contributed by atoms with E-state index in [0.29, 0.717) is 24.5 Å². The minimum absolute atomic E-state index is 0.175. The van der Waals surface area contributed by atoms with Crippen LogP contribution in [0.2, 0.25) is 0 Å². The number of hydrogen-bond acceptors (Lipinski definition) is 4. The highest BCUT2D eigenvalue weighted by atomic mass is 16.5. The van der Waals surface area contributed by atoms with Gasteiger partial charge in [-0.2, -0.15) is 0 Å². The zero-order chi connectivity index (χ0) is 15.9. The Balaban J connectivity index is 1.48. The van der Waals surface area contributed by atoms with Gasteiger partial charge >= 0.3 is 0 Å². The second-order valence-corrected chi connectivity index (χ2v) is 4.79. The van der Waals surface area contributed by atoms with E-state index in [1.165, 1.54) is 0 Å². The predicted molar refractivity (Wildman–Crippen MR) is 85.6 cm³/mol. The minimum Gasteiger partial charge on any atom is -0.492 e. The summed E-state index contributed by atoms with van der Waals surface area (Å²) in [5.41, 5.74) is 0.508. The average molecular weight is 308 g/mol. The van der Waals surface area contributed by atoms with Crippen molar-refractivity contribution in [1.29, 1.82) is 0 Å². The molecule has 0 aliphatic carbocycles. The van der Waals surface area contributed by atoms with Crippen molar-refractivity contribution in [3.63, 3.8) is 0 Å². The zero-order valence-corrected chi connectivity index (χ0v) is 12.4. The van der Waals surface area contributed by atoms with Crippen molar-refractivity contribution in [1.82, 2.24) is 19.9 Å². The van der Waals surface area contributed by atoms with E-state index in [4.69, 9.17) is 4.74 Å². The normalized spacial score (nSPS) is 10.3. The van der Waals surface area contributed by atoms with Gasteiger partial charge in [0.05, 0.1) is 12.1 Å². The molecule has 6 nitrogen and oxygen atoms in total. The maximum absolute atomic E-state index is 12.0. The molecule has 6 heteroatoms. The Hall–Kier alpha value is -3.15. The van der Waals surface area contributed by atoms with Crippen molar-refractivity contribution in [2.24, 2.45) is 0 Å². The summed E-state index contributed by atoms with van der Waals surface area (Å²) in [7, 11) is 0. The Morgan fingerprint density at radius 1 is 1.17 bits per heavy atom. The fourth-order valence-electron chi connectivity index (χ4n) is 2.02. The molecule has 1 amide bonds. The first-order valence-corrected chi connectivity index (χ1v) is 7.23. The van der Waals surface area contributed by atoms with Crippen LogP contribution in [0.25, 0.3) is 5.82 Å². The molecule has 0 spiro atoms. The highest BCUT2D eigenvalue weighted by Crippen LogP contribution is 2.08. The highest BCUT2D eigenvalue weighted by molar-refractivity contribution is 5.93. The van der Waals surface area contributed by atoms with Crippen LogP contribution in [0.3, 0.4) is 0 Å². The van der Waals surface area contributed by atoms with Crippen molar-refractivity contribution in [2.75, 3.05) is 13.2 Å². The van der Waals surface area contributed by atoms with E-state index >= 15 is 0 Å². The number of benzene rings is 1. The van der Waals surface area contributed by atoms with Crippen LogP contribution < -0.4 is 10.1 Å². The molecule has 2 aromatic heterocycles. The first-order chi connectivity index (χ1) is 11.3. The van der Waals surface area contributed by atoms with Crippen LogP contribution in [0, 0.1) is 0 Å². The van der Waals surface area contributed by atoms with Gasteiger partial charge in [0.15, 0.2) is 0 Å². The monoisotopic (exact) mass is 308 g/mol. The lowest BCUT2D eigenvalue weighted by atomic mass is 10.2. The van der Waals surface area contributed by atoms with E-state index in [1.54, 1.807) is 41.6 Å². The quantitative estimate of drug-likeness (QED) is 0.708. The number of carbonyl (C=O) groups excluding carboxylic acids is 1. The lowest BCUT2D eigenvalue weighted by Crippen LogP contribution is -2.28. The van der Waals surface area contributed by atoms with Gasteiger partial charge in [-0.25, -0.2) is 9.97 Å². The summed E-state index contributed by atoms with van der Waals surface area (Å²) < 4.78 is 7.29. The molecule has 23 heavy (non-hydrogen) atoms. The maximum atomic E-state index is 12.0. The first kappa shape index (κ1) is 14.8. The van der Waals surface area contributed by atoms with Crippen molar-refractivity contribution >= 4 is 5.91 Å². The average Bonchev–Trinajstić information content (AvgIpc) is 3.14. The van der Waals surface area contributed by atoms with E-state index < -0.39 is 0 Å². The summed E-state index contributed by atoms with van der Waals surface area (Å²) in [5, 5.41) is 2.80.